The van der Waals surface area contributed by atoms with Crippen molar-refractivity contribution >= 4 is 23.2 Å². The second-order valence-corrected chi connectivity index (χ2v) is 9.18. The van der Waals surface area contributed by atoms with E-state index in [4.69, 9.17) is 10.7 Å². The summed E-state index contributed by atoms with van der Waals surface area (Å²) in [5.74, 6) is 0.574. The van der Waals surface area contributed by atoms with E-state index in [2.05, 4.69) is 45.4 Å². The second-order valence-electron chi connectivity index (χ2n) is 9.18. The molecular weight excluding hydrogens is 454 g/mol. The van der Waals surface area contributed by atoms with Crippen LogP contribution in [0.15, 0.2) is 67.1 Å². The topological polar surface area (TPSA) is 131 Å². The summed E-state index contributed by atoms with van der Waals surface area (Å²) in [5, 5.41) is 12.8. The van der Waals surface area contributed by atoms with E-state index in [1.165, 1.54) is 5.56 Å². The number of anilines is 2. The summed E-state index contributed by atoms with van der Waals surface area (Å²) in [7, 11) is 0. The number of nitrogens with two attached hydrogens (primary N) is 1. The molecule has 0 aliphatic carbocycles. The van der Waals surface area contributed by atoms with Gasteiger partial charge < -0.3 is 20.6 Å². The molecule has 3 aromatic heterocycles. The van der Waals surface area contributed by atoms with Crippen LogP contribution in [0.3, 0.4) is 0 Å². The number of hydrogen-bond donors (Lipinski definition) is 3. The molecule has 178 valence electrons. The molecular formula is C27H23N7O2. The number of benzene rings is 2. The van der Waals surface area contributed by atoms with Crippen LogP contribution >= 0.6 is 0 Å². The molecule has 2 aromatic carbocycles. The van der Waals surface area contributed by atoms with Gasteiger partial charge in [0.15, 0.2) is 11.5 Å². The van der Waals surface area contributed by atoms with Crippen LogP contribution in [-0.4, -0.2) is 35.4 Å². The molecule has 36 heavy (non-hydrogen) atoms. The molecule has 9 nitrogen and oxygen atoms in total. The van der Waals surface area contributed by atoms with Crippen LogP contribution in [0.5, 0.6) is 5.75 Å². The van der Waals surface area contributed by atoms with Gasteiger partial charge in [0.2, 0.25) is 5.91 Å². The smallest absolute Gasteiger partial charge is 0.240 e. The number of nitrogens with zero attached hydrogens (tertiary/aromatic N) is 5. The lowest BCUT2D eigenvalue weighted by Gasteiger charge is -2.23. The van der Waals surface area contributed by atoms with Crippen molar-refractivity contribution < 1.29 is 9.90 Å². The molecule has 0 radical (unpaired) electrons. The molecule has 5 aromatic rings. The molecule has 1 amide bonds. The van der Waals surface area contributed by atoms with Gasteiger partial charge in [-0.05, 0) is 37.1 Å². The fourth-order valence-electron chi connectivity index (χ4n) is 4.85. The van der Waals surface area contributed by atoms with Crippen LogP contribution in [0, 0.1) is 6.92 Å². The lowest BCUT2D eigenvalue weighted by atomic mass is 9.77. The molecule has 0 bridgehead atoms. The van der Waals surface area contributed by atoms with Gasteiger partial charge >= 0.3 is 0 Å². The van der Waals surface area contributed by atoms with Gasteiger partial charge in [-0.3, -0.25) is 4.79 Å². The van der Waals surface area contributed by atoms with E-state index < -0.39 is 5.41 Å². The van der Waals surface area contributed by atoms with Crippen molar-refractivity contribution in [2.24, 2.45) is 0 Å². The van der Waals surface area contributed by atoms with Gasteiger partial charge in [0.1, 0.15) is 28.5 Å². The Hall–Kier alpha value is -4.79. The van der Waals surface area contributed by atoms with Gasteiger partial charge in [-0.2, -0.15) is 0 Å². The van der Waals surface area contributed by atoms with Gasteiger partial charge in [-0.25, -0.2) is 19.9 Å². The van der Waals surface area contributed by atoms with Gasteiger partial charge in [0.05, 0.1) is 11.3 Å². The van der Waals surface area contributed by atoms with E-state index in [0.717, 1.165) is 16.9 Å². The highest BCUT2D eigenvalue weighted by Gasteiger charge is 2.47. The average Bonchev–Trinajstić information content (AvgIpc) is 3.42. The van der Waals surface area contributed by atoms with E-state index in [1.807, 2.05) is 16.7 Å². The maximum Gasteiger partial charge on any atom is 0.240 e. The average molecular weight is 478 g/mol. The zero-order valence-corrected chi connectivity index (χ0v) is 19.7. The van der Waals surface area contributed by atoms with Gasteiger partial charge in [-0.1, -0.05) is 42.0 Å². The lowest BCUT2D eigenvalue weighted by molar-refractivity contribution is -0.119. The molecule has 0 fully saturated rings. The summed E-state index contributed by atoms with van der Waals surface area (Å²) < 4.78 is 1.88. The summed E-state index contributed by atoms with van der Waals surface area (Å²) in [4.78, 5) is 31.7. The monoisotopic (exact) mass is 477 g/mol. The Morgan fingerprint density at radius 3 is 2.75 bits per heavy atom. The number of nitrogen functional groups attached to an aromatic ring is 1. The molecule has 4 heterocycles. The van der Waals surface area contributed by atoms with Crippen LogP contribution in [0.4, 0.5) is 11.6 Å². The number of amides is 1. The molecule has 0 spiro atoms. The normalized spacial score (nSPS) is 16.8. The Labute approximate surface area is 206 Å². The Bertz CT molecular complexity index is 1680. The maximum atomic E-state index is 13.1. The molecule has 1 aliphatic heterocycles. The Kier molecular flexibility index (Phi) is 4.75. The maximum absolute atomic E-state index is 13.1. The van der Waals surface area contributed by atoms with Crippen LogP contribution in [0.25, 0.3) is 17.2 Å². The second kappa shape index (κ2) is 7.88. The molecule has 6 rings (SSSR count). The minimum Gasteiger partial charge on any atom is -0.508 e. The quantitative estimate of drug-likeness (QED) is 0.360. The van der Waals surface area contributed by atoms with E-state index >= 15 is 0 Å². The van der Waals surface area contributed by atoms with Crippen molar-refractivity contribution in [1.82, 2.24) is 24.3 Å². The highest BCUT2D eigenvalue weighted by atomic mass is 16.3. The van der Waals surface area contributed by atoms with Crippen molar-refractivity contribution in [2.45, 2.75) is 25.7 Å². The molecule has 0 unspecified atom stereocenters. The minimum atomic E-state index is -1.14. The number of rotatable bonds is 4. The van der Waals surface area contributed by atoms with Crippen molar-refractivity contribution in [1.29, 1.82) is 0 Å². The van der Waals surface area contributed by atoms with Crippen molar-refractivity contribution in [3.63, 3.8) is 0 Å². The predicted molar refractivity (Wildman–Crippen MR) is 136 cm³/mol. The first kappa shape index (κ1) is 21.7. The van der Waals surface area contributed by atoms with Crippen LogP contribution in [0.1, 0.15) is 34.9 Å². The fourth-order valence-corrected chi connectivity index (χ4v) is 4.85. The number of phenolic OH excluding ortho intramolecular Hbond substituents is 1. The first-order chi connectivity index (χ1) is 17.3. The third-order valence-corrected chi connectivity index (χ3v) is 6.67. The molecule has 9 heteroatoms. The van der Waals surface area contributed by atoms with Gasteiger partial charge in [0, 0.05) is 25.0 Å². The van der Waals surface area contributed by atoms with E-state index in [-0.39, 0.29) is 17.5 Å². The number of fused-ring (bicyclic) bond motifs is 2. The number of aryl methyl sites for hydroxylation is 1. The number of phenols is 1. The zero-order valence-electron chi connectivity index (χ0n) is 19.7. The molecule has 4 N–H and O–H groups in total. The van der Waals surface area contributed by atoms with Crippen LogP contribution in [0.2, 0.25) is 0 Å². The predicted octanol–water partition coefficient (Wildman–Crippen LogP) is 3.63. The number of hydrogen-bond acceptors (Lipinski definition) is 7. The van der Waals surface area contributed by atoms with E-state index in [1.54, 1.807) is 43.6 Å². The van der Waals surface area contributed by atoms with Gasteiger partial charge in [-0.15, -0.1) is 0 Å². The first-order valence-corrected chi connectivity index (χ1v) is 11.5. The zero-order chi connectivity index (χ0) is 25.0. The van der Waals surface area contributed by atoms with Gasteiger partial charge in [0.25, 0.3) is 0 Å². The number of aromatic hydroxyl groups is 1. The summed E-state index contributed by atoms with van der Waals surface area (Å²) in [6, 6.07) is 14.8. The van der Waals surface area contributed by atoms with Crippen molar-refractivity contribution in [2.75, 3.05) is 11.1 Å². The third kappa shape index (κ3) is 3.36. The van der Waals surface area contributed by atoms with Crippen molar-refractivity contribution in [3.8, 4) is 17.3 Å². The Morgan fingerprint density at radius 2 is 1.94 bits per heavy atom. The SMILES string of the molecule is Cc1cccc(Cc2nc(-c3nc(N)c4c(n3)NC(=O)[C@]4(C)c3cccc(O)c3)cn3ccnc23)c1. The molecule has 0 saturated heterocycles. The molecule has 1 atom stereocenters. The number of carbonyl (C=O) groups is 1. The summed E-state index contributed by atoms with van der Waals surface area (Å²) in [6.07, 6.45) is 5.95. The van der Waals surface area contributed by atoms with Crippen LogP contribution < -0.4 is 11.1 Å². The number of nitrogens with one attached hydrogen (secondary N) is 1. The Morgan fingerprint density at radius 1 is 1.11 bits per heavy atom. The summed E-state index contributed by atoms with van der Waals surface area (Å²) in [6.45, 7) is 3.80. The summed E-state index contributed by atoms with van der Waals surface area (Å²) in [5.41, 5.74) is 10.7. The lowest BCUT2D eigenvalue weighted by Crippen LogP contribution is -2.32. The standard InChI is InChI=1S/C27H23N7O2/c1-15-5-3-6-16(11-15)12-19-25-29-9-10-34(25)14-20(30-19)23-31-22(28)21-24(32-23)33-26(36)27(21,2)17-7-4-8-18(35)13-17/h3-11,13-14,35H,12H2,1-2H3,(H3,28,31,32,33,36)/t27-/m1/s1. The summed E-state index contributed by atoms with van der Waals surface area (Å²) >= 11 is 0. The number of carbonyl (C=O) groups excluding carboxylic acids is 1. The molecule has 0 saturated carbocycles. The van der Waals surface area contributed by atoms with E-state index in [0.29, 0.717) is 34.9 Å². The van der Waals surface area contributed by atoms with Crippen LogP contribution in [-0.2, 0) is 16.6 Å². The highest BCUT2D eigenvalue weighted by Crippen LogP contribution is 2.45. The van der Waals surface area contributed by atoms with E-state index in [9.17, 15) is 9.90 Å². The molecule has 1 aliphatic rings. The minimum absolute atomic E-state index is 0.0602. The largest absolute Gasteiger partial charge is 0.508 e. The Balaban J connectivity index is 1.47. The first-order valence-electron chi connectivity index (χ1n) is 11.5. The number of imidazole rings is 1. The highest BCUT2D eigenvalue weighted by molar-refractivity contribution is 6.09. The van der Waals surface area contributed by atoms with Crippen molar-refractivity contribution in [3.05, 3.63) is 95.1 Å². The third-order valence-electron chi connectivity index (χ3n) is 6.67. The fraction of sp³-hybridized carbons (Fsp3) is 0.148. The number of aromatic nitrogens is 5.